The number of amides is 4. The highest BCUT2D eigenvalue weighted by Gasteiger charge is 2.22. The Balaban J connectivity index is 1.42. The van der Waals surface area contributed by atoms with Gasteiger partial charge in [-0.05, 0) is 43.7 Å². The van der Waals surface area contributed by atoms with Crippen molar-refractivity contribution in [1.29, 1.82) is 0 Å². The number of urea groups is 1. The fourth-order valence-electron chi connectivity index (χ4n) is 3.21. The molecule has 164 valence electrons. The summed E-state index contributed by atoms with van der Waals surface area (Å²) in [5.41, 5.74) is 2.52. The number of rotatable bonds is 7. The third-order valence-corrected chi connectivity index (χ3v) is 5.76. The van der Waals surface area contributed by atoms with Gasteiger partial charge in [0, 0.05) is 48.3 Å². The molecule has 0 saturated carbocycles. The molecule has 8 heteroatoms. The number of hydrogen-bond acceptors (Lipinski definition) is 4. The van der Waals surface area contributed by atoms with E-state index in [1.807, 2.05) is 50.2 Å². The van der Waals surface area contributed by atoms with Crippen LogP contribution in [0.2, 0.25) is 0 Å². The standard InChI is InChI=1S/C23H28N4O3S/c1-16(2)25-23(30)26-18-9-7-17(8-10-18)15-24-21(28)11-12-22(29)27-13-14-31-20-6-4-3-5-19(20)27/h3-10,16H,11-15H2,1-2H3,(H,24,28)(H2,25,26,30). The summed E-state index contributed by atoms with van der Waals surface area (Å²) in [7, 11) is 0. The number of anilines is 2. The van der Waals surface area contributed by atoms with Gasteiger partial charge in [0.2, 0.25) is 11.8 Å². The highest BCUT2D eigenvalue weighted by molar-refractivity contribution is 7.99. The molecule has 2 aromatic rings. The molecule has 0 bridgehead atoms. The topological polar surface area (TPSA) is 90.5 Å². The molecule has 4 amide bonds. The fourth-order valence-corrected chi connectivity index (χ4v) is 4.20. The summed E-state index contributed by atoms with van der Waals surface area (Å²) in [5, 5.41) is 8.36. The molecule has 0 saturated heterocycles. The van der Waals surface area contributed by atoms with E-state index in [1.54, 1.807) is 28.8 Å². The first-order valence-electron chi connectivity index (χ1n) is 10.4. The van der Waals surface area contributed by atoms with E-state index in [-0.39, 0.29) is 36.7 Å². The lowest BCUT2D eigenvalue weighted by molar-refractivity contribution is -0.125. The molecule has 2 aromatic carbocycles. The quantitative estimate of drug-likeness (QED) is 0.612. The van der Waals surface area contributed by atoms with Crippen LogP contribution in [0.3, 0.4) is 0 Å². The second kappa shape index (κ2) is 10.9. The molecule has 0 fully saturated rings. The Bertz CT molecular complexity index is 931. The number of hydrogen-bond donors (Lipinski definition) is 3. The third kappa shape index (κ3) is 6.75. The van der Waals surface area contributed by atoms with Gasteiger partial charge in [0.1, 0.15) is 0 Å². The Morgan fingerprint density at radius 2 is 1.77 bits per heavy atom. The van der Waals surface area contributed by atoms with Gasteiger partial charge < -0.3 is 20.9 Å². The third-order valence-electron chi connectivity index (χ3n) is 4.72. The monoisotopic (exact) mass is 440 g/mol. The van der Waals surface area contributed by atoms with Crippen LogP contribution in [0.25, 0.3) is 0 Å². The first kappa shape index (κ1) is 22.7. The van der Waals surface area contributed by atoms with Crippen molar-refractivity contribution in [3.63, 3.8) is 0 Å². The Morgan fingerprint density at radius 3 is 2.52 bits per heavy atom. The van der Waals surface area contributed by atoms with Gasteiger partial charge >= 0.3 is 6.03 Å². The largest absolute Gasteiger partial charge is 0.352 e. The summed E-state index contributed by atoms with van der Waals surface area (Å²) in [6.45, 7) is 4.82. The van der Waals surface area contributed by atoms with Crippen molar-refractivity contribution in [3.05, 3.63) is 54.1 Å². The molecule has 1 aliphatic rings. The highest BCUT2D eigenvalue weighted by Crippen LogP contribution is 2.34. The van der Waals surface area contributed by atoms with Crippen LogP contribution < -0.4 is 20.9 Å². The van der Waals surface area contributed by atoms with Crippen LogP contribution in [0.5, 0.6) is 0 Å². The maximum Gasteiger partial charge on any atom is 0.319 e. The van der Waals surface area contributed by atoms with E-state index in [2.05, 4.69) is 16.0 Å². The van der Waals surface area contributed by atoms with Crippen molar-refractivity contribution in [2.24, 2.45) is 0 Å². The lowest BCUT2D eigenvalue weighted by Crippen LogP contribution is -2.36. The number of nitrogens with one attached hydrogen (secondary N) is 3. The van der Waals surface area contributed by atoms with Crippen LogP contribution in [0, 0.1) is 0 Å². The Labute approximate surface area is 187 Å². The van der Waals surface area contributed by atoms with E-state index in [9.17, 15) is 14.4 Å². The normalized spacial score (nSPS) is 12.8. The first-order chi connectivity index (χ1) is 14.9. The number of carbonyl (C=O) groups is 3. The summed E-state index contributed by atoms with van der Waals surface area (Å²) in [6, 6.07) is 14.9. The zero-order chi connectivity index (χ0) is 22.2. The van der Waals surface area contributed by atoms with Gasteiger partial charge in [0.25, 0.3) is 0 Å². The summed E-state index contributed by atoms with van der Waals surface area (Å²) >= 11 is 1.75. The maximum absolute atomic E-state index is 12.6. The van der Waals surface area contributed by atoms with Gasteiger partial charge in [0.15, 0.2) is 0 Å². The molecule has 0 aromatic heterocycles. The van der Waals surface area contributed by atoms with Gasteiger partial charge in [-0.25, -0.2) is 4.79 Å². The number of thioether (sulfide) groups is 1. The molecule has 1 aliphatic heterocycles. The van der Waals surface area contributed by atoms with Crippen LogP contribution in [0.1, 0.15) is 32.3 Å². The van der Waals surface area contributed by atoms with Crippen molar-refractivity contribution in [1.82, 2.24) is 10.6 Å². The molecule has 3 N–H and O–H groups in total. The molecule has 3 rings (SSSR count). The number of nitrogens with zero attached hydrogens (tertiary/aromatic N) is 1. The minimum absolute atomic E-state index is 0.0296. The highest BCUT2D eigenvalue weighted by atomic mass is 32.2. The zero-order valence-electron chi connectivity index (χ0n) is 17.8. The average molecular weight is 441 g/mol. The Kier molecular flexibility index (Phi) is 7.94. The Hall–Kier alpha value is -3.00. The van der Waals surface area contributed by atoms with Crippen LogP contribution in [-0.4, -0.2) is 36.2 Å². The van der Waals surface area contributed by atoms with E-state index in [0.29, 0.717) is 18.8 Å². The minimum atomic E-state index is -0.254. The van der Waals surface area contributed by atoms with Crippen molar-refractivity contribution in [3.8, 4) is 0 Å². The predicted molar refractivity (Wildman–Crippen MR) is 124 cm³/mol. The van der Waals surface area contributed by atoms with Crippen LogP contribution in [-0.2, 0) is 16.1 Å². The van der Waals surface area contributed by atoms with Crippen molar-refractivity contribution in [2.45, 2.75) is 44.2 Å². The van der Waals surface area contributed by atoms with Gasteiger partial charge in [-0.15, -0.1) is 11.8 Å². The van der Waals surface area contributed by atoms with Crippen molar-refractivity contribution >= 4 is 41.0 Å². The molecule has 31 heavy (non-hydrogen) atoms. The predicted octanol–water partition coefficient (Wildman–Crippen LogP) is 3.75. The van der Waals surface area contributed by atoms with E-state index in [1.165, 1.54) is 0 Å². The molecule has 0 aliphatic carbocycles. The minimum Gasteiger partial charge on any atom is -0.352 e. The van der Waals surface area contributed by atoms with E-state index >= 15 is 0 Å². The fraction of sp³-hybridized carbons (Fsp3) is 0.348. The summed E-state index contributed by atoms with van der Waals surface area (Å²) < 4.78 is 0. The first-order valence-corrected chi connectivity index (χ1v) is 11.4. The van der Waals surface area contributed by atoms with Gasteiger partial charge in [-0.3, -0.25) is 9.59 Å². The Morgan fingerprint density at radius 1 is 1.03 bits per heavy atom. The maximum atomic E-state index is 12.6. The SMILES string of the molecule is CC(C)NC(=O)Nc1ccc(CNC(=O)CCC(=O)N2CCSc3ccccc32)cc1. The average Bonchev–Trinajstić information content (AvgIpc) is 2.76. The summed E-state index contributed by atoms with van der Waals surface area (Å²) in [4.78, 5) is 39.4. The molecular formula is C23H28N4O3S. The molecular weight excluding hydrogens is 412 g/mol. The van der Waals surface area contributed by atoms with Crippen molar-refractivity contribution < 1.29 is 14.4 Å². The molecule has 0 unspecified atom stereocenters. The number of benzene rings is 2. The molecule has 0 spiro atoms. The number of carbonyl (C=O) groups excluding carboxylic acids is 3. The van der Waals surface area contributed by atoms with Crippen molar-refractivity contribution in [2.75, 3.05) is 22.5 Å². The molecule has 0 atom stereocenters. The van der Waals surface area contributed by atoms with Crippen LogP contribution >= 0.6 is 11.8 Å². The van der Waals surface area contributed by atoms with Gasteiger partial charge in [-0.2, -0.15) is 0 Å². The zero-order valence-corrected chi connectivity index (χ0v) is 18.6. The molecule has 1 heterocycles. The van der Waals surface area contributed by atoms with Gasteiger partial charge in [-0.1, -0.05) is 24.3 Å². The molecule has 7 nitrogen and oxygen atoms in total. The van der Waals surface area contributed by atoms with E-state index in [4.69, 9.17) is 0 Å². The molecule has 0 radical (unpaired) electrons. The lowest BCUT2D eigenvalue weighted by atomic mass is 10.2. The van der Waals surface area contributed by atoms with Gasteiger partial charge in [0.05, 0.1) is 5.69 Å². The summed E-state index contributed by atoms with van der Waals surface area (Å²) in [5.74, 6) is 0.670. The second-order valence-electron chi connectivity index (χ2n) is 7.59. The lowest BCUT2D eigenvalue weighted by Gasteiger charge is -2.29. The van der Waals surface area contributed by atoms with Crippen LogP contribution in [0.15, 0.2) is 53.4 Å². The summed E-state index contributed by atoms with van der Waals surface area (Å²) in [6.07, 6.45) is 0.332. The van der Waals surface area contributed by atoms with E-state index < -0.39 is 0 Å². The van der Waals surface area contributed by atoms with E-state index in [0.717, 1.165) is 21.9 Å². The number of para-hydroxylation sites is 1. The smallest absolute Gasteiger partial charge is 0.319 e. The second-order valence-corrected chi connectivity index (χ2v) is 8.73. The van der Waals surface area contributed by atoms with Crippen LogP contribution in [0.4, 0.5) is 16.2 Å². The number of fused-ring (bicyclic) bond motifs is 1.